The number of esters is 1. The molecule has 3 heterocycles. The number of aromatic nitrogens is 3. The molecule has 0 aliphatic rings. The topological polar surface area (TPSA) is 97.0 Å². The minimum absolute atomic E-state index is 0.219. The summed E-state index contributed by atoms with van der Waals surface area (Å²) in [5.41, 5.74) is 2.47. The number of nitrogens with zero attached hydrogens (tertiary/aromatic N) is 2. The Kier molecular flexibility index (Phi) is 4.45. The molecule has 1 amide bonds. The Morgan fingerprint density at radius 2 is 2.08 bits per heavy atom. The van der Waals surface area contributed by atoms with Gasteiger partial charge in [0.05, 0.1) is 23.5 Å². The van der Waals surface area contributed by atoms with Gasteiger partial charge >= 0.3 is 5.97 Å². The largest absolute Gasteiger partial charge is 0.464 e. The van der Waals surface area contributed by atoms with E-state index >= 15 is 0 Å². The maximum absolute atomic E-state index is 12.3. The molecular formula is C15H14N4O3S2. The fourth-order valence-corrected chi connectivity index (χ4v) is 3.66. The molecule has 124 valence electrons. The second kappa shape index (κ2) is 6.54. The van der Waals surface area contributed by atoms with Gasteiger partial charge in [0.25, 0.3) is 5.91 Å². The van der Waals surface area contributed by atoms with Crippen LogP contribution in [0.4, 0.5) is 5.13 Å². The monoisotopic (exact) mass is 362 g/mol. The van der Waals surface area contributed by atoms with Crippen LogP contribution in [0.2, 0.25) is 0 Å². The third-order valence-electron chi connectivity index (χ3n) is 3.22. The lowest BCUT2D eigenvalue weighted by Gasteiger charge is -1.99. The molecule has 3 aromatic rings. The Bertz CT molecular complexity index is 910. The fraction of sp³-hybridized carbons (Fsp3) is 0.200. The van der Waals surface area contributed by atoms with Crippen molar-refractivity contribution in [3.05, 3.63) is 38.9 Å². The van der Waals surface area contributed by atoms with Crippen molar-refractivity contribution in [3.8, 4) is 11.3 Å². The molecule has 0 radical (unpaired) electrons. The molecule has 0 bridgehead atoms. The number of carbonyl (C=O) groups excluding carboxylic acids is 2. The molecule has 7 nitrogen and oxygen atoms in total. The quantitative estimate of drug-likeness (QED) is 0.695. The zero-order chi connectivity index (χ0) is 17.3. The Morgan fingerprint density at radius 1 is 1.29 bits per heavy atom. The van der Waals surface area contributed by atoms with E-state index in [0.29, 0.717) is 27.1 Å². The number of hydrogen-bond acceptors (Lipinski definition) is 7. The number of thiazole rings is 2. The van der Waals surface area contributed by atoms with Crippen molar-refractivity contribution in [1.82, 2.24) is 15.0 Å². The number of hydrogen-bond donors (Lipinski definition) is 2. The van der Waals surface area contributed by atoms with E-state index in [1.165, 1.54) is 29.8 Å². The zero-order valence-corrected chi connectivity index (χ0v) is 14.8. The van der Waals surface area contributed by atoms with Gasteiger partial charge in [-0.15, -0.1) is 22.7 Å². The lowest BCUT2D eigenvalue weighted by atomic mass is 10.2. The summed E-state index contributed by atoms with van der Waals surface area (Å²) in [6.07, 6.45) is 1.67. The van der Waals surface area contributed by atoms with Gasteiger partial charge in [0.15, 0.2) is 5.13 Å². The summed E-state index contributed by atoms with van der Waals surface area (Å²) in [7, 11) is 1.32. The summed E-state index contributed by atoms with van der Waals surface area (Å²) in [5, 5.41) is 5.93. The molecule has 3 rings (SSSR count). The van der Waals surface area contributed by atoms with Crippen molar-refractivity contribution in [2.75, 3.05) is 12.4 Å². The maximum Gasteiger partial charge on any atom is 0.354 e. The number of rotatable bonds is 4. The zero-order valence-electron chi connectivity index (χ0n) is 13.2. The van der Waals surface area contributed by atoms with Crippen LogP contribution >= 0.6 is 22.7 Å². The summed E-state index contributed by atoms with van der Waals surface area (Å²) < 4.78 is 4.66. The molecule has 3 aromatic heterocycles. The Labute approximate surface area is 145 Å². The third-order valence-corrected chi connectivity index (χ3v) is 5.05. The van der Waals surface area contributed by atoms with E-state index in [1.807, 2.05) is 12.3 Å². The molecule has 24 heavy (non-hydrogen) atoms. The Balaban J connectivity index is 1.76. The first-order valence-electron chi connectivity index (χ1n) is 6.96. The average Bonchev–Trinajstić information content (AvgIpc) is 3.26. The van der Waals surface area contributed by atoms with Gasteiger partial charge in [0, 0.05) is 17.1 Å². The molecule has 0 aliphatic heterocycles. The van der Waals surface area contributed by atoms with Gasteiger partial charge in [0.1, 0.15) is 10.6 Å². The molecule has 0 unspecified atom stereocenters. The second-order valence-corrected chi connectivity index (χ2v) is 6.99. The number of anilines is 1. The molecule has 2 N–H and O–H groups in total. The molecule has 0 saturated heterocycles. The highest BCUT2D eigenvalue weighted by atomic mass is 32.1. The van der Waals surface area contributed by atoms with E-state index in [2.05, 4.69) is 25.0 Å². The highest BCUT2D eigenvalue weighted by Crippen LogP contribution is 2.27. The average molecular weight is 362 g/mol. The highest BCUT2D eigenvalue weighted by molar-refractivity contribution is 7.15. The molecule has 0 saturated carbocycles. The van der Waals surface area contributed by atoms with Crippen LogP contribution in [-0.4, -0.2) is 33.9 Å². The maximum atomic E-state index is 12.3. The molecule has 0 fully saturated rings. The number of H-pyrrole nitrogens is 1. The van der Waals surface area contributed by atoms with Crippen LogP contribution in [0, 0.1) is 13.8 Å². The van der Waals surface area contributed by atoms with E-state index in [4.69, 9.17) is 0 Å². The lowest BCUT2D eigenvalue weighted by molar-refractivity contribution is 0.0594. The van der Waals surface area contributed by atoms with Gasteiger partial charge in [-0.3, -0.25) is 10.1 Å². The smallest absolute Gasteiger partial charge is 0.354 e. The number of amides is 1. The van der Waals surface area contributed by atoms with Crippen LogP contribution in [0.1, 0.15) is 30.9 Å². The van der Waals surface area contributed by atoms with Crippen LogP contribution in [0.25, 0.3) is 11.3 Å². The van der Waals surface area contributed by atoms with Crippen LogP contribution in [-0.2, 0) is 4.74 Å². The predicted octanol–water partition coefficient (Wildman–Crippen LogP) is 3.25. The minimum Gasteiger partial charge on any atom is -0.464 e. The van der Waals surface area contributed by atoms with Crippen LogP contribution in [0.3, 0.4) is 0 Å². The van der Waals surface area contributed by atoms with E-state index in [9.17, 15) is 9.59 Å². The Morgan fingerprint density at radius 3 is 2.75 bits per heavy atom. The normalized spacial score (nSPS) is 10.6. The number of aryl methyl sites for hydroxylation is 2. The van der Waals surface area contributed by atoms with Gasteiger partial charge in [0.2, 0.25) is 0 Å². The summed E-state index contributed by atoms with van der Waals surface area (Å²) in [4.78, 5) is 35.8. The van der Waals surface area contributed by atoms with Crippen molar-refractivity contribution in [3.63, 3.8) is 0 Å². The molecule has 0 spiro atoms. The van der Waals surface area contributed by atoms with E-state index < -0.39 is 5.97 Å². The van der Waals surface area contributed by atoms with Crippen molar-refractivity contribution in [2.45, 2.75) is 13.8 Å². The first kappa shape index (κ1) is 16.3. The van der Waals surface area contributed by atoms with Crippen molar-refractivity contribution in [2.24, 2.45) is 0 Å². The number of ether oxygens (including phenoxy) is 1. The highest BCUT2D eigenvalue weighted by Gasteiger charge is 2.16. The lowest BCUT2D eigenvalue weighted by Crippen LogP contribution is -2.11. The predicted molar refractivity (Wildman–Crippen MR) is 92.8 cm³/mol. The SMILES string of the molecule is COC(=O)c1cc(-c2csc(NC(=O)c3sc(C)nc3C)n2)c[nH]1. The number of aromatic amines is 1. The van der Waals surface area contributed by atoms with Crippen LogP contribution in [0.15, 0.2) is 17.6 Å². The van der Waals surface area contributed by atoms with Crippen LogP contribution < -0.4 is 5.32 Å². The van der Waals surface area contributed by atoms with Gasteiger partial charge in [-0.2, -0.15) is 0 Å². The van der Waals surface area contributed by atoms with E-state index in [1.54, 1.807) is 19.2 Å². The first-order chi connectivity index (χ1) is 11.5. The van der Waals surface area contributed by atoms with E-state index in [-0.39, 0.29) is 5.91 Å². The van der Waals surface area contributed by atoms with Gasteiger partial charge in [-0.05, 0) is 19.9 Å². The second-order valence-electron chi connectivity index (χ2n) is 4.93. The standard InChI is InChI=1S/C15H14N4O3S2/c1-7-12(24-8(2)17-7)13(20)19-15-18-11(6-23-15)9-4-10(16-5-9)14(21)22-3/h4-6,16H,1-3H3,(H,18,19,20). The van der Waals surface area contributed by atoms with Gasteiger partial charge in [-0.1, -0.05) is 0 Å². The summed E-state index contributed by atoms with van der Waals surface area (Å²) >= 11 is 2.67. The molecule has 9 heteroatoms. The summed E-state index contributed by atoms with van der Waals surface area (Å²) in [6.45, 7) is 3.67. The van der Waals surface area contributed by atoms with Gasteiger partial charge < -0.3 is 9.72 Å². The minimum atomic E-state index is -0.443. The third kappa shape index (κ3) is 3.22. The number of carbonyl (C=O) groups is 2. The fourth-order valence-electron chi connectivity index (χ4n) is 2.13. The first-order valence-corrected chi connectivity index (χ1v) is 8.65. The van der Waals surface area contributed by atoms with Gasteiger partial charge in [-0.25, -0.2) is 14.8 Å². The van der Waals surface area contributed by atoms with Crippen molar-refractivity contribution >= 4 is 39.7 Å². The number of methoxy groups -OCH3 is 1. The van der Waals surface area contributed by atoms with Crippen molar-refractivity contribution < 1.29 is 14.3 Å². The number of nitrogens with one attached hydrogen (secondary N) is 2. The van der Waals surface area contributed by atoms with Crippen LogP contribution in [0.5, 0.6) is 0 Å². The summed E-state index contributed by atoms with van der Waals surface area (Å²) in [6, 6.07) is 1.66. The molecule has 0 aromatic carbocycles. The van der Waals surface area contributed by atoms with Crippen molar-refractivity contribution in [1.29, 1.82) is 0 Å². The summed E-state index contributed by atoms with van der Waals surface area (Å²) in [5.74, 6) is -0.663. The molecular weight excluding hydrogens is 348 g/mol. The molecule has 0 atom stereocenters. The van der Waals surface area contributed by atoms with E-state index in [0.717, 1.165) is 10.6 Å². The Hall–Kier alpha value is -2.52. The molecule has 0 aliphatic carbocycles.